The molecule has 11 heavy (non-hydrogen) atoms. The lowest BCUT2D eigenvalue weighted by atomic mass is 9.80. The Labute approximate surface area is 66.4 Å². The van der Waals surface area contributed by atoms with Crippen LogP contribution in [0.4, 0.5) is 0 Å². The van der Waals surface area contributed by atoms with Gasteiger partial charge in [-0.3, -0.25) is 4.79 Å². The Morgan fingerprint density at radius 2 is 2.36 bits per heavy atom. The molecule has 0 aromatic rings. The molecule has 2 atom stereocenters. The first-order valence-electron chi connectivity index (χ1n) is 3.89. The Morgan fingerprint density at radius 1 is 1.73 bits per heavy atom. The van der Waals surface area contributed by atoms with Crippen molar-refractivity contribution in [2.75, 3.05) is 6.61 Å². The van der Waals surface area contributed by atoms with Crippen molar-refractivity contribution in [3.8, 4) is 0 Å². The number of carboxylic acids is 1. The van der Waals surface area contributed by atoms with E-state index in [0.29, 0.717) is 19.4 Å². The Kier molecular flexibility index (Phi) is 2.18. The minimum atomic E-state index is -0.701. The summed E-state index contributed by atoms with van der Waals surface area (Å²) in [6.07, 6.45) is 1.35. The smallest absolute Gasteiger partial charge is 0.309 e. The molecule has 0 aliphatic carbocycles. The van der Waals surface area contributed by atoms with Gasteiger partial charge in [-0.25, -0.2) is 0 Å². The molecule has 1 aliphatic rings. The molecule has 0 bridgehead atoms. The lowest BCUT2D eigenvalue weighted by Crippen LogP contribution is -2.37. The van der Waals surface area contributed by atoms with Crippen molar-refractivity contribution in [2.24, 2.45) is 5.41 Å². The second-order valence-electron chi connectivity index (χ2n) is 3.50. The van der Waals surface area contributed by atoms with Crippen LogP contribution >= 0.6 is 0 Å². The van der Waals surface area contributed by atoms with E-state index in [1.807, 2.05) is 6.92 Å². The number of aliphatic carboxylic acids is 1. The topological polar surface area (TPSA) is 46.5 Å². The highest BCUT2D eigenvalue weighted by Crippen LogP contribution is 2.32. The molecule has 1 rings (SSSR count). The van der Waals surface area contributed by atoms with Crippen LogP contribution in [0.15, 0.2) is 0 Å². The van der Waals surface area contributed by atoms with Gasteiger partial charge >= 0.3 is 5.97 Å². The zero-order valence-corrected chi connectivity index (χ0v) is 6.96. The highest BCUT2D eigenvalue weighted by molar-refractivity contribution is 5.74. The molecule has 1 aliphatic heterocycles. The minimum Gasteiger partial charge on any atom is -0.481 e. The maximum atomic E-state index is 10.8. The third-order valence-corrected chi connectivity index (χ3v) is 2.31. The van der Waals surface area contributed by atoms with Gasteiger partial charge in [-0.1, -0.05) is 0 Å². The molecule has 0 aromatic carbocycles. The molecule has 0 amide bonds. The fraction of sp³-hybridized carbons (Fsp3) is 0.875. The monoisotopic (exact) mass is 158 g/mol. The largest absolute Gasteiger partial charge is 0.481 e. The van der Waals surface area contributed by atoms with Gasteiger partial charge in [0.05, 0.1) is 11.5 Å². The first-order chi connectivity index (χ1) is 5.04. The van der Waals surface area contributed by atoms with Gasteiger partial charge in [0, 0.05) is 6.61 Å². The molecule has 0 aromatic heterocycles. The standard InChI is InChI=1S/C8H14O3/c1-6-5-8(2,7(9)10)3-4-11-6/h6H,3-5H2,1-2H3,(H,9,10)/t6-,8-/m1/s1. The first-order valence-corrected chi connectivity index (χ1v) is 3.89. The van der Waals surface area contributed by atoms with Gasteiger partial charge in [0.15, 0.2) is 0 Å². The van der Waals surface area contributed by atoms with E-state index in [2.05, 4.69) is 0 Å². The van der Waals surface area contributed by atoms with E-state index in [9.17, 15) is 4.79 Å². The van der Waals surface area contributed by atoms with E-state index < -0.39 is 11.4 Å². The second-order valence-corrected chi connectivity index (χ2v) is 3.50. The number of carboxylic acid groups (broad SMARTS) is 1. The molecular weight excluding hydrogens is 144 g/mol. The molecular formula is C8H14O3. The van der Waals surface area contributed by atoms with Crippen molar-refractivity contribution in [2.45, 2.75) is 32.8 Å². The summed E-state index contributed by atoms with van der Waals surface area (Å²) in [7, 11) is 0. The molecule has 0 radical (unpaired) electrons. The molecule has 3 nitrogen and oxygen atoms in total. The molecule has 0 saturated carbocycles. The average molecular weight is 158 g/mol. The van der Waals surface area contributed by atoms with Crippen LogP contribution in [-0.4, -0.2) is 23.8 Å². The third-order valence-electron chi connectivity index (χ3n) is 2.31. The Bertz CT molecular complexity index is 167. The number of carbonyl (C=O) groups is 1. The van der Waals surface area contributed by atoms with E-state index in [1.165, 1.54) is 0 Å². The fourth-order valence-corrected chi connectivity index (χ4v) is 1.48. The van der Waals surface area contributed by atoms with E-state index in [1.54, 1.807) is 6.92 Å². The summed E-state index contributed by atoms with van der Waals surface area (Å²) in [4.78, 5) is 10.8. The van der Waals surface area contributed by atoms with E-state index in [0.717, 1.165) is 0 Å². The summed E-state index contributed by atoms with van der Waals surface area (Å²) in [6, 6.07) is 0. The zero-order chi connectivity index (χ0) is 8.48. The number of ether oxygens (including phenoxy) is 1. The maximum Gasteiger partial charge on any atom is 0.309 e. The molecule has 1 N–H and O–H groups in total. The quantitative estimate of drug-likeness (QED) is 0.625. The summed E-state index contributed by atoms with van der Waals surface area (Å²) in [5.74, 6) is -0.701. The zero-order valence-electron chi connectivity index (χ0n) is 6.96. The van der Waals surface area contributed by atoms with Crippen LogP contribution in [0, 0.1) is 5.41 Å². The van der Waals surface area contributed by atoms with Gasteiger partial charge in [-0.05, 0) is 26.7 Å². The predicted octanol–water partition coefficient (Wildman–Crippen LogP) is 1.28. The van der Waals surface area contributed by atoms with Crippen molar-refractivity contribution in [3.05, 3.63) is 0 Å². The van der Waals surface area contributed by atoms with Crippen LogP contribution in [-0.2, 0) is 9.53 Å². The summed E-state index contributed by atoms with van der Waals surface area (Å²) < 4.78 is 5.26. The molecule has 1 saturated heterocycles. The molecule has 0 spiro atoms. The van der Waals surface area contributed by atoms with E-state index in [4.69, 9.17) is 9.84 Å². The highest BCUT2D eigenvalue weighted by atomic mass is 16.5. The van der Waals surface area contributed by atoms with E-state index >= 15 is 0 Å². The number of hydrogen-bond donors (Lipinski definition) is 1. The van der Waals surface area contributed by atoms with Gasteiger partial charge in [-0.15, -0.1) is 0 Å². The van der Waals surface area contributed by atoms with Crippen molar-refractivity contribution in [3.63, 3.8) is 0 Å². The van der Waals surface area contributed by atoms with Crippen LogP contribution < -0.4 is 0 Å². The second kappa shape index (κ2) is 2.81. The molecule has 3 heteroatoms. The molecule has 1 heterocycles. The minimum absolute atomic E-state index is 0.0878. The molecule has 0 unspecified atom stereocenters. The van der Waals surface area contributed by atoms with Gasteiger partial charge in [0.2, 0.25) is 0 Å². The lowest BCUT2D eigenvalue weighted by Gasteiger charge is -2.33. The van der Waals surface area contributed by atoms with Crippen LogP contribution in [0.1, 0.15) is 26.7 Å². The lowest BCUT2D eigenvalue weighted by molar-refractivity contribution is -0.156. The van der Waals surface area contributed by atoms with Crippen molar-refractivity contribution in [1.82, 2.24) is 0 Å². The summed E-state index contributed by atoms with van der Waals surface area (Å²) >= 11 is 0. The van der Waals surface area contributed by atoms with Crippen molar-refractivity contribution < 1.29 is 14.6 Å². The summed E-state index contributed by atoms with van der Waals surface area (Å²) in [5, 5.41) is 8.86. The van der Waals surface area contributed by atoms with Gasteiger partial charge < -0.3 is 9.84 Å². The van der Waals surface area contributed by atoms with Crippen LogP contribution in [0.5, 0.6) is 0 Å². The summed E-state index contributed by atoms with van der Waals surface area (Å²) in [6.45, 7) is 4.28. The average Bonchev–Trinajstić information content (AvgIpc) is 1.86. The predicted molar refractivity (Wildman–Crippen MR) is 40.4 cm³/mol. The molecule has 64 valence electrons. The van der Waals surface area contributed by atoms with Gasteiger partial charge in [0.25, 0.3) is 0 Å². The Morgan fingerprint density at radius 3 is 2.73 bits per heavy atom. The van der Waals surface area contributed by atoms with Crippen LogP contribution in [0.2, 0.25) is 0 Å². The van der Waals surface area contributed by atoms with E-state index in [-0.39, 0.29) is 6.10 Å². The maximum absolute atomic E-state index is 10.8. The Balaban J connectivity index is 2.63. The first kappa shape index (κ1) is 8.53. The van der Waals surface area contributed by atoms with Crippen molar-refractivity contribution >= 4 is 5.97 Å². The van der Waals surface area contributed by atoms with Crippen LogP contribution in [0.3, 0.4) is 0 Å². The van der Waals surface area contributed by atoms with Gasteiger partial charge in [-0.2, -0.15) is 0 Å². The number of rotatable bonds is 1. The van der Waals surface area contributed by atoms with Gasteiger partial charge in [0.1, 0.15) is 0 Å². The number of hydrogen-bond acceptors (Lipinski definition) is 2. The summed E-state index contributed by atoms with van der Waals surface area (Å²) in [5.41, 5.74) is -0.558. The Hall–Kier alpha value is -0.570. The third kappa shape index (κ3) is 1.71. The highest BCUT2D eigenvalue weighted by Gasteiger charge is 2.37. The molecule has 1 fully saturated rings. The van der Waals surface area contributed by atoms with Crippen molar-refractivity contribution in [1.29, 1.82) is 0 Å². The SMILES string of the molecule is C[C@@H]1C[C@](C)(C(=O)O)CCO1. The normalized spacial score (nSPS) is 38.5. The fourth-order valence-electron chi connectivity index (χ4n) is 1.48. The van der Waals surface area contributed by atoms with Crippen LogP contribution in [0.25, 0.3) is 0 Å².